The zero-order valence-electron chi connectivity index (χ0n) is 18.3. The monoisotopic (exact) mass is 442 g/mol. The van der Waals surface area contributed by atoms with Gasteiger partial charge in [-0.15, -0.1) is 0 Å². The van der Waals surface area contributed by atoms with E-state index in [1.54, 1.807) is 42.0 Å². The number of aromatic nitrogens is 3. The van der Waals surface area contributed by atoms with Gasteiger partial charge in [-0.05, 0) is 30.6 Å². The SMILES string of the molecule is C=CC(=O)N1CCC(n2nc(C#Cc3cc(OC)cc(OC)c3)c3c(N)ncc(C#N)c32)C1. The van der Waals surface area contributed by atoms with E-state index in [9.17, 15) is 10.1 Å². The average molecular weight is 442 g/mol. The predicted octanol–water partition coefficient (Wildman–Crippen LogP) is 2.26. The minimum absolute atomic E-state index is 0.127. The minimum Gasteiger partial charge on any atom is -0.497 e. The molecule has 1 aliphatic heterocycles. The first-order valence-electron chi connectivity index (χ1n) is 10.2. The Bertz CT molecular complexity index is 1340. The zero-order valence-corrected chi connectivity index (χ0v) is 18.3. The van der Waals surface area contributed by atoms with Crippen molar-refractivity contribution in [1.29, 1.82) is 5.26 Å². The second-order valence-corrected chi connectivity index (χ2v) is 7.47. The molecule has 3 aromatic rings. The van der Waals surface area contributed by atoms with E-state index in [0.717, 1.165) is 0 Å². The number of hydrogen-bond donors (Lipinski definition) is 1. The maximum atomic E-state index is 12.1. The molecule has 1 unspecified atom stereocenters. The van der Waals surface area contributed by atoms with Crippen molar-refractivity contribution in [2.45, 2.75) is 12.5 Å². The van der Waals surface area contributed by atoms with Gasteiger partial charge < -0.3 is 20.1 Å². The zero-order chi connectivity index (χ0) is 23.5. The van der Waals surface area contributed by atoms with Crippen LogP contribution >= 0.6 is 0 Å². The summed E-state index contributed by atoms with van der Waals surface area (Å²) in [7, 11) is 3.14. The second kappa shape index (κ2) is 8.93. The lowest BCUT2D eigenvalue weighted by atomic mass is 10.1. The van der Waals surface area contributed by atoms with Crippen molar-refractivity contribution in [3.63, 3.8) is 0 Å². The number of likely N-dealkylation sites (tertiary alicyclic amines) is 1. The molecule has 1 fully saturated rings. The first-order chi connectivity index (χ1) is 16.0. The number of ether oxygens (including phenoxy) is 2. The maximum Gasteiger partial charge on any atom is 0.246 e. The van der Waals surface area contributed by atoms with Gasteiger partial charge in [0.25, 0.3) is 0 Å². The standard InChI is InChI=1S/C24H22N6O3/c1-4-21(31)29-8-7-17(14-29)30-23-16(12-25)13-27-24(26)22(23)20(28-30)6-5-15-9-18(32-2)11-19(10-15)33-3/h4,9-11,13,17H,1,7-8,14H2,2-3H3,(H2,26,27). The van der Waals surface area contributed by atoms with Gasteiger partial charge in [-0.2, -0.15) is 10.4 Å². The van der Waals surface area contributed by atoms with Crippen LogP contribution in [0.15, 0.2) is 37.1 Å². The summed E-state index contributed by atoms with van der Waals surface area (Å²) in [6, 6.07) is 7.37. The Labute approximate surface area is 191 Å². The lowest BCUT2D eigenvalue weighted by Crippen LogP contribution is -2.27. The third-order valence-electron chi connectivity index (χ3n) is 5.55. The van der Waals surface area contributed by atoms with Gasteiger partial charge in [0, 0.05) is 30.9 Å². The minimum atomic E-state index is -0.136. The number of anilines is 1. The van der Waals surface area contributed by atoms with Crippen molar-refractivity contribution in [3.05, 3.63) is 53.9 Å². The quantitative estimate of drug-likeness (QED) is 0.486. The number of amides is 1. The van der Waals surface area contributed by atoms with Gasteiger partial charge in [-0.25, -0.2) is 4.98 Å². The third kappa shape index (κ3) is 4.04. The molecule has 0 radical (unpaired) electrons. The summed E-state index contributed by atoms with van der Waals surface area (Å²) in [6.45, 7) is 4.58. The molecule has 166 valence electrons. The molecule has 1 amide bonds. The number of pyridine rings is 1. The fraction of sp³-hybridized carbons (Fsp3) is 0.250. The highest BCUT2D eigenvalue weighted by Gasteiger charge is 2.30. The largest absolute Gasteiger partial charge is 0.497 e. The number of carbonyl (C=O) groups excluding carboxylic acids is 1. The van der Waals surface area contributed by atoms with E-state index >= 15 is 0 Å². The van der Waals surface area contributed by atoms with E-state index in [1.165, 1.54) is 12.3 Å². The lowest BCUT2D eigenvalue weighted by molar-refractivity contribution is -0.125. The summed E-state index contributed by atoms with van der Waals surface area (Å²) < 4.78 is 12.4. The molecule has 9 heteroatoms. The molecule has 3 heterocycles. The molecule has 33 heavy (non-hydrogen) atoms. The molecular formula is C24H22N6O3. The topological polar surface area (TPSA) is 119 Å². The van der Waals surface area contributed by atoms with Crippen molar-refractivity contribution >= 4 is 22.6 Å². The Morgan fingerprint density at radius 2 is 2.00 bits per heavy atom. The van der Waals surface area contributed by atoms with Gasteiger partial charge in [0.1, 0.15) is 29.1 Å². The molecule has 1 aliphatic rings. The Morgan fingerprint density at radius 1 is 1.27 bits per heavy atom. The van der Waals surface area contributed by atoms with Crippen molar-refractivity contribution < 1.29 is 14.3 Å². The van der Waals surface area contributed by atoms with E-state index < -0.39 is 0 Å². The van der Waals surface area contributed by atoms with Crippen LogP contribution < -0.4 is 15.2 Å². The predicted molar refractivity (Wildman–Crippen MR) is 123 cm³/mol. The Hall–Kier alpha value is -4.50. The number of nitrogen functional groups attached to an aromatic ring is 1. The summed E-state index contributed by atoms with van der Waals surface area (Å²) in [5.74, 6) is 7.47. The lowest BCUT2D eigenvalue weighted by Gasteiger charge is -2.15. The molecule has 4 rings (SSSR count). The number of carbonyl (C=O) groups is 1. The Morgan fingerprint density at radius 3 is 2.64 bits per heavy atom. The van der Waals surface area contributed by atoms with Gasteiger partial charge in [0.2, 0.25) is 5.91 Å². The first kappa shape index (κ1) is 21.7. The molecule has 2 N–H and O–H groups in total. The fourth-order valence-electron chi connectivity index (χ4n) is 3.91. The van der Waals surface area contributed by atoms with Crippen molar-refractivity contribution in [3.8, 4) is 29.4 Å². The van der Waals surface area contributed by atoms with Crippen LogP contribution in [0.3, 0.4) is 0 Å². The van der Waals surface area contributed by atoms with Crippen molar-refractivity contribution in [2.24, 2.45) is 0 Å². The van der Waals surface area contributed by atoms with Crippen LogP contribution in [0.2, 0.25) is 0 Å². The highest BCUT2D eigenvalue weighted by Crippen LogP contribution is 2.32. The molecule has 9 nitrogen and oxygen atoms in total. The summed E-state index contributed by atoms with van der Waals surface area (Å²) in [6.07, 6.45) is 3.41. The van der Waals surface area contributed by atoms with Gasteiger partial charge >= 0.3 is 0 Å². The van der Waals surface area contributed by atoms with Crippen LogP contribution in [0.1, 0.15) is 29.3 Å². The van der Waals surface area contributed by atoms with E-state index in [1.807, 2.05) is 0 Å². The van der Waals surface area contributed by atoms with Crippen LogP contribution in [-0.4, -0.2) is 52.9 Å². The van der Waals surface area contributed by atoms with E-state index in [-0.39, 0.29) is 17.8 Å². The Kier molecular flexibility index (Phi) is 5.88. The van der Waals surface area contributed by atoms with E-state index in [4.69, 9.17) is 20.3 Å². The van der Waals surface area contributed by atoms with E-state index in [0.29, 0.717) is 58.7 Å². The molecule has 2 aromatic heterocycles. The fourth-order valence-corrected chi connectivity index (χ4v) is 3.91. The van der Waals surface area contributed by atoms with Crippen molar-refractivity contribution in [1.82, 2.24) is 19.7 Å². The average Bonchev–Trinajstić information content (AvgIpc) is 3.48. The van der Waals surface area contributed by atoms with Gasteiger partial charge in [0.05, 0.1) is 36.7 Å². The number of nitrogens with zero attached hydrogens (tertiary/aromatic N) is 5. The molecule has 0 spiro atoms. The van der Waals surface area contributed by atoms with Crippen LogP contribution in [0.25, 0.3) is 10.9 Å². The molecule has 1 aromatic carbocycles. The third-order valence-corrected chi connectivity index (χ3v) is 5.55. The number of benzene rings is 1. The molecule has 0 bridgehead atoms. The maximum absolute atomic E-state index is 12.1. The van der Waals surface area contributed by atoms with Crippen LogP contribution in [0.5, 0.6) is 11.5 Å². The molecule has 0 aliphatic carbocycles. The normalized spacial score (nSPS) is 14.9. The molecule has 1 atom stereocenters. The number of nitriles is 1. The van der Waals surface area contributed by atoms with Crippen LogP contribution in [0, 0.1) is 23.2 Å². The number of rotatable bonds is 4. The van der Waals surface area contributed by atoms with Gasteiger partial charge in [0.15, 0.2) is 0 Å². The number of hydrogen-bond acceptors (Lipinski definition) is 7. The number of fused-ring (bicyclic) bond motifs is 1. The summed E-state index contributed by atoms with van der Waals surface area (Å²) >= 11 is 0. The number of methoxy groups -OCH3 is 2. The number of nitrogens with two attached hydrogens (primary N) is 1. The van der Waals surface area contributed by atoms with Crippen LogP contribution in [0.4, 0.5) is 5.82 Å². The molecular weight excluding hydrogens is 420 g/mol. The summed E-state index contributed by atoms with van der Waals surface area (Å²) in [5.41, 5.74) is 8.17. The van der Waals surface area contributed by atoms with Crippen molar-refractivity contribution in [2.75, 3.05) is 33.0 Å². The smallest absolute Gasteiger partial charge is 0.246 e. The van der Waals surface area contributed by atoms with Gasteiger partial charge in [-0.3, -0.25) is 9.48 Å². The van der Waals surface area contributed by atoms with Crippen LogP contribution in [-0.2, 0) is 4.79 Å². The highest BCUT2D eigenvalue weighted by atomic mass is 16.5. The first-order valence-corrected chi connectivity index (χ1v) is 10.2. The second-order valence-electron chi connectivity index (χ2n) is 7.47. The molecule has 1 saturated heterocycles. The van der Waals surface area contributed by atoms with E-state index in [2.05, 4.69) is 29.5 Å². The highest BCUT2D eigenvalue weighted by molar-refractivity contribution is 5.96. The summed E-state index contributed by atoms with van der Waals surface area (Å²) in [5, 5.41) is 14.9. The molecule has 0 saturated carbocycles. The Balaban J connectivity index is 1.83. The summed E-state index contributed by atoms with van der Waals surface area (Å²) in [4.78, 5) is 17.9. The van der Waals surface area contributed by atoms with Gasteiger partial charge in [-0.1, -0.05) is 12.5 Å².